The second kappa shape index (κ2) is 7.56. The van der Waals surface area contributed by atoms with Crippen LogP contribution >= 0.6 is 0 Å². The molecular weight excluding hydrogens is 352 g/mol. The molecule has 4 aromatic rings. The number of hydrogen-bond acceptors (Lipinski definition) is 4. The van der Waals surface area contributed by atoms with E-state index in [1.165, 1.54) is 0 Å². The Bertz CT molecular complexity index is 1100. The van der Waals surface area contributed by atoms with Gasteiger partial charge < -0.3 is 9.47 Å². The molecule has 0 fully saturated rings. The number of benzene rings is 3. The highest BCUT2D eigenvalue weighted by Crippen LogP contribution is 2.28. The van der Waals surface area contributed by atoms with Crippen LogP contribution in [-0.2, 0) is 0 Å². The van der Waals surface area contributed by atoms with E-state index in [9.17, 15) is 4.79 Å². The fourth-order valence-electron chi connectivity index (χ4n) is 3.35. The van der Waals surface area contributed by atoms with E-state index in [0.717, 1.165) is 22.6 Å². The molecule has 0 amide bonds. The largest absolute Gasteiger partial charge is 0.497 e. The molecule has 0 aliphatic carbocycles. The number of fused-ring (bicyclic) bond motifs is 1. The minimum absolute atomic E-state index is 0.0813. The number of ether oxygens (including phenoxy) is 2. The van der Waals surface area contributed by atoms with Crippen LogP contribution in [0.15, 0.2) is 83.9 Å². The van der Waals surface area contributed by atoms with Gasteiger partial charge in [-0.2, -0.15) is 0 Å². The van der Waals surface area contributed by atoms with Crippen molar-refractivity contribution in [2.75, 3.05) is 14.2 Å². The summed E-state index contributed by atoms with van der Waals surface area (Å²) < 4.78 is 12.2. The van der Waals surface area contributed by atoms with Crippen LogP contribution in [0.4, 0.5) is 0 Å². The molecule has 0 spiro atoms. The molecule has 0 aliphatic rings. The number of nitrogens with zero attached hydrogens (tertiary/aromatic N) is 2. The third kappa shape index (κ3) is 3.22. The molecule has 3 aromatic carbocycles. The summed E-state index contributed by atoms with van der Waals surface area (Å²) in [5.41, 5.74) is 2.53. The highest BCUT2D eigenvalue weighted by molar-refractivity contribution is 5.77. The second-order valence-electron chi connectivity index (χ2n) is 6.42. The lowest BCUT2D eigenvalue weighted by Gasteiger charge is -2.21. The van der Waals surface area contributed by atoms with Crippen LogP contribution in [0, 0.1) is 0 Å². The molecule has 0 saturated heterocycles. The predicted octanol–water partition coefficient (Wildman–Crippen LogP) is 4.05. The van der Waals surface area contributed by atoms with E-state index in [4.69, 9.17) is 9.47 Å². The maximum Gasteiger partial charge on any atom is 0.262 e. The van der Waals surface area contributed by atoms with Gasteiger partial charge in [-0.15, -0.1) is 0 Å². The lowest BCUT2D eigenvalue weighted by Crippen LogP contribution is -2.26. The molecule has 1 aromatic heterocycles. The monoisotopic (exact) mass is 372 g/mol. The van der Waals surface area contributed by atoms with Gasteiger partial charge in [-0.25, -0.2) is 4.98 Å². The zero-order valence-electron chi connectivity index (χ0n) is 15.7. The Balaban J connectivity index is 1.91. The van der Waals surface area contributed by atoms with Crippen molar-refractivity contribution in [1.82, 2.24) is 9.55 Å². The van der Waals surface area contributed by atoms with Gasteiger partial charge in [-0.3, -0.25) is 9.36 Å². The Labute approximate surface area is 162 Å². The summed E-state index contributed by atoms with van der Waals surface area (Å²) in [6.07, 6.45) is 1.61. The normalized spacial score (nSPS) is 11.0. The van der Waals surface area contributed by atoms with Crippen molar-refractivity contribution in [3.8, 4) is 11.5 Å². The molecule has 0 radical (unpaired) electrons. The van der Waals surface area contributed by atoms with Crippen molar-refractivity contribution in [2.45, 2.75) is 6.04 Å². The summed E-state index contributed by atoms with van der Waals surface area (Å²) in [5.74, 6) is 1.53. The Hall–Kier alpha value is -3.60. The summed E-state index contributed by atoms with van der Waals surface area (Å²) in [5, 5.41) is 0.594. The average Bonchev–Trinajstić information content (AvgIpc) is 2.76. The van der Waals surface area contributed by atoms with Crippen LogP contribution in [0.5, 0.6) is 11.5 Å². The summed E-state index contributed by atoms with van der Waals surface area (Å²) in [7, 11) is 3.27. The summed E-state index contributed by atoms with van der Waals surface area (Å²) >= 11 is 0. The van der Waals surface area contributed by atoms with E-state index >= 15 is 0 Å². The predicted molar refractivity (Wildman–Crippen MR) is 109 cm³/mol. The number of hydrogen-bond donors (Lipinski definition) is 0. The Kier molecular flexibility index (Phi) is 4.81. The summed E-state index contributed by atoms with van der Waals surface area (Å²) in [4.78, 5) is 17.7. The first kappa shape index (κ1) is 17.8. The minimum Gasteiger partial charge on any atom is -0.497 e. The van der Waals surface area contributed by atoms with E-state index < -0.39 is 0 Å². The van der Waals surface area contributed by atoms with Crippen molar-refractivity contribution in [1.29, 1.82) is 0 Å². The number of para-hydroxylation sites is 1. The van der Waals surface area contributed by atoms with Crippen molar-refractivity contribution >= 4 is 10.9 Å². The van der Waals surface area contributed by atoms with Crippen LogP contribution in [0.25, 0.3) is 10.9 Å². The van der Waals surface area contributed by atoms with Gasteiger partial charge in [0, 0.05) is 0 Å². The first-order chi connectivity index (χ1) is 13.7. The molecule has 140 valence electrons. The van der Waals surface area contributed by atoms with E-state index in [-0.39, 0.29) is 11.6 Å². The van der Waals surface area contributed by atoms with Crippen molar-refractivity contribution in [2.24, 2.45) is 0 Å². The summed E-state index contributed by atoms with van der Waals surface area (Å²) in [6.45, 7) is 0. The van der Waals surface area contributed by atoms with Gasteiger partial charge >= 0.3 is 0 Å². The zero-order chi connectivity index (χ0) is 19.5. The van der Waals surface area contributed by atoms with Gasteiger partial charge in [-0.1, -0.05) is 36.4 Å². The molecule has 5 heteroatoms. The third-order valence-corrected chi connectivity index (χ3v) is 4.83. The molecule has 5 nitrogen and oxygen atoms in total. The number of aromatic nitrogens is 2. The van der Waals surface area contributed by atoms with Crippen LogP contribution in [-0.4, -0.2) is 23.8 Å². The summed E-state index contributed by atoms with van der Waals surface area (Å²) in [6, 6.07) is 22.5. The first-order valence-electron chi connectivity index (χ1n) is 8.95. The molecular formula is C23H20N2O3. The zero-order valence-corrected chi connectivity index (χ0v) is 15.7. The van der Waals surface area contributed by atoms with E-state index in [2.05, 4.69) is 4.98 Å². The Morgan fingerprint density at radius 2 is 1.32 bits per heavy atom. The van der Waals surface area contributed by atoms with Crippen molar-refractivity contribution in [3.63, 3.8) is 0 Å². The second-order valence-corrected chi connectivity index (χ2v) is 6.42. The van der Waals surface area contributed by atoms with Crippen molar-refractivity contribution < 1.29 is 9.47 Å². The maximum atomic E-state index is 13.2. The highest BCUT2D eigenvalue weighted by atomic mass is 16.5. The molecule has 0 saturated carbocycles. The standard InChI is InChI=1S/C23H20N2O3/c1-27-18-11-7-16(8-12-18)22(17-9-13-19(28-2)14-10-17)25-15-24-21-6-4-3-5-20(21)23(25)26/h3-15,22H,1-2H3. The molecule has 1 heterocycles. The van der Waals surface area contributed by atoms with Gasteiger partial charge in [0.05, 0.1) is 37.5 Å². The SMILES string of the molecule is COc1ccc(C(c2ccc(OC)cc2)n2cnc3ccccc3c2=O)cc1. The molecule has 0 atom stereocenters. The van der Waals surface area contributed by atoms with Gasteiger partial charge in [0.1, 0.15) is 11.5 Å². The third-order valence-electron chi connectivity index (χ3n) is 4.83. The van der Waals surface area contributed by atoms with E-state index in [1.807, 2.05) is 66.7 Å². The molecule has 0 unspecified atom stereocenters. The van der Waals surface area contributed by atoms with E-state index in [0.29, 0.717) is 10.9 Å². The Morgan fingerprint density at radius 3 is 1.86 bits per heavy atom. The van der Waals surface area contributed by atoms with Crippen LogP contribution in [0.1, 0.15) is 17.2 Å². The van der Waals surface area contributed by atoms with Gasteiger partial charge in [-0.05, 0) is 47.5 Å². The van der Waals surface area contributed by atoms with Crippen LogP contribution in [0.2, 0.25) is 0 Å². The molecule has 0 N–H and O–H groups in total. The van der Waals surface area contributed by atoms with Gasteiger partial charge in [0.25, 0.3) is 5.56 Å². The fraction of sp³-hybridized carbons (Fsp3) is 0.130. The molecule has 0 bridgehead atoms. The molecule has 4 rings (SSSR count). The quantitative estimate of drug-likeness (QED) is 0.530. The first-order valence-corrected chi connectivity index (χ1v) is 8.95. The Morgan fingerprint density at radius 1 is 0.786 bits per heavy atom. The maximum absolute atomic E-state index is 13.2. The van der Waals surface area contributed by atoms with E-state index in [1.54, 1.807) is 31.2 Å². The van der Waals surface area contributed by atoms with Crippen molar-refractivity contribution in [3.05, 3.63) is 101 Å². The highest BCUT2D eigenvalue weighted by Gasteiger charge is 2.19. The molecule has 0 aliphatic heterocycles. The minimum atomic E-state index is -0.318. The molecule has 28 heavy (non-hydrogen) atoms. The number of rotatable bonds is 5. The van der Waals surface area contributed by atoms with Crippen LogP contribution < -0.4 is 15.0 Å². The topological polar surface area (TPSA) is 53.4 Å². The van der Waals surface area contributed by atoms with Gasteiger partial charge in [0.15, 0.2) is 0 Å². The average molecular weight is 372 g/mol. The lowest BCUT2D eigenvalue weighted by molar-refractivity contribution is 0.414. The lowest BCUT2D eigenvalue weighted by atomic mass is 9.98. The fourth-order valence-corrected chi connectivity index (χ4v) is 3.35. The van der Waals surface area contributed by atoms with Crippen LogP contribution in [0.3, 0.4) is 0 Å². The number of methoxy groups -OCH3 is 2. The van der Waals surface area contributed by atoms with Gasteiger partial charge in [0.2, 0.25) is 0 Å². The smallest absolute Gasteiger partial charge is 0.262 e.